The van der Waals surface area contributed by atoms with Gasteiger partial charge in [0.05, 0.1) is 0 Å². The van der Waals surface area contributed by atoms with Gasteiger partial charge in [0.15, 0.2) is 5.96 Å². The predicted octanol–water partition coefficient (Wildman–Crippen LogP) is 2.43. The Balaban J connectivity index is 1.45. The van der Waals surface area contributed by atoms with Crippen LogP contribution in [0.2, 0.25) is 10.0 Å². The molecule has 3 rings (SSSR count). The van der Waals surface area contributed by atoms with Crippen LogP contribution in [-0.2, 0) is 16.0 Å². The number of rotatable bonds is 4. The summed E-state index contributed by atoms with van der Waals surface area (Å²) in [6.45, 7) is 4.35. The minimum atomic E-state index is -0.238. The van der Waals surface area contributed by atoms with E-state index in [9.17, 15) is 4.79 Å². The maximum atomic E-state index is 12.4. The van der Waals surface area contributed by atoms with Crippen molar-refractivity contribution in [2.75, 3.05) is 46.4 Å². The van der Waals surface area contributed by atoms with Crippen LogP contribution >= 0.6 is 23.2 Å². The normalized spacial score (nSPS) is 20.9. The monoisotopic (exact) mass is 412 g/mol. The van der Waals surface area contributed by atoms with E-state index >= 15 is 0 Å². The van der Waals surface area contributed by atoms with Gasteiger partial charge in [-0.15, -0.1) is 0 Å². The van der Waals surface area contributed by atoms with Crippen molar-refractivity contribution in [3.8, 4) is 0 Å². The molecule has 0 aromatic heterocycles. The van der Waals surface area contributed by atoms with Crippen molar-refractivity contribution in [1.29, 1.82) is 0 Å². The van der Waals surface area contributed by atoms with E-state index in [-0.39, 0.29) is 12.0 Å². The number of hydrogen-bond donors (Lipinski definition) is 1. The highest BCUT2D eigenvalue weighted by Crippen LogP contribution is 2.21. The Kier molecular flexibility index (Phi) is 7.21. The lowest BCUT2D eigenvalue weighted by Gasteiger charge is -2.37. The fraction of sp³-hybridized carbons (Fsp3) is 0.579. The van der Waals surface area contributed by atoms with Crippen molar-refractivity contribution < 1.29 is 9.53 Å². The smallest absolute Gasteiger partial charge is 0.251 e. The number of carbonyl (C=O) groups is 1. The van der Waals surface area contributed by atoms with Crippen LogP contribution in [0.5, 0.6) is 0 Å². The molecule has 2 aliphatic rings. The summed E-state index contributed by atoms with van der Waals surface area (Å²) in [6, 6.07) is 5.56. The first kappa shape index (κ1) is 20.2. The molecule has 0 aliphatic carbocycles. The van der Waals surface area contributed by atoms with Gasteiger partial charge in [-0.1, -0.05) is 29.3 Å². The van der Waals surface area contributed by atoms with Crippen LogP contribution in [0.4, 0.5) is 0 Å². The minimum Gasteiger partial charge on any atom is -0.368 e. The van der Waals surface area contributed by atoms with Crippen LogP contribution < -0.4 is 5.32 Å². The zero-order valence-corrected chi connectivity index (χ0v) is 17.1. The largest absolute Gasteiger partial charge is 0.368 e. The molecule has 6 nitrogen and oxygen atoms in total. The van der Waals surface area contributed by atoms with Crippen molar-refractivity contribution in [1.82, 2.24) is 15.1 Å². The third kappa shape index (κ3) is 5.27. The molecule has 0 radical (unpaired) electrons. The van der Waals surface area contributed by atoms with Gasteiger partial charge in [-0.05, 0) is 37.0 Å². The summed E-state index contributed by atoms with van der Waals surface area (Å²) in [7, 11) is 1.78. The summed E-state index contributed by atoms with van der Waals surface area (Å²) in [6.07, 6.45) is 2.37. The lowest BCUT2D eigenvalue weighted by Crippen LogP contribution is -2.55. The van der Waals surface area contributed by atoms with Gasteiger partial charge in [-0.2, -0.15) is 0 Å². The van der Waals surface area contributed by atoms with Gasteiger partial charge < -0.3 is 19.9 Å². The number of guanidine groups is 1. The average Bonchev–Trinajstić information content (AvgIpc) is 3.21. The molecule has 2 saturated heterocycles. The maximum Gasteiger partial charge on any atom is 0.251 e. The lowest BCUT2D eigenvalue weighted by molar-refractivity contribution is -0.142. The molecule has 2 fully saturated rings. The Bertz CT molecular complexity index is 684. The fourth-order valence-corrected chi connectivity index (χ4v) is 3.98. The first-order chi connectivity index (χ1) is 13.1. The molecule has 2 heterocycles. The van der Waals surface area contributed by atoms with Crippen molar-refractivity contribution >= 4 is 35.1 Å². The van der Waals surface area contributed by atoms with Gasteiger partial charge >= 0.3 is 0 Å². The highest BCUT2D eigenvalue weighted by atomic mass is 35.5. The quantitative estimate of drug-likeness (QED) is 0.609. The Morgan fingerprint density at radius 2 is 2.00 bits per heavy atom. The van der Waals surface area contributed by atoms with Crippen LogP contribution in [0.1, 0.15) is 18.4 Å². The summed E-state index contributed by atoms with van der Waals surface area (Å²) in [5.74, 6) is 0.983. The molecule has 27 heavy (non-hydrogen) atoms. The first-order valence-electron chi connectivity index (χ1n) is 9.38. The standard InChI is InChI=1S/C19H26Cl2N4O2/c1-22-19(23-7-6-14-4-5-15(20)13-16(14)21)25-10-8-24(9-11-25)18(26)17-3-2-12-27-17/h4-5,13,17H,2-3,6-12H2,1H3,(H,22,23). The van der Waals surface area contributed by atoms with Crippen molar-refractivity contribution in [2.24, 2.45) is 4.99 Å². The molecule has 1 amide bonds. The number of carbonyl (C=O) groups excluding carboxylic acids is 1. The number of ether oxygens (including phenoxy) is 1. The number of hydrogen-bond acceptors (Lipinski definition) is 3. The molecule has 148 valence electrons. The van der Waals surface area contributed by atoms with E-state index in [0.29, 0.717) is 29.7 Å². The second-order valence-electron chi connectivity index (χ2n) is 6.77. The van der Waals surface area contributed by atoms with E-state index in [1.807, 2.05) is 17.0 Å². The summed E-state index contributed by atoms with van der Waals surface area (Å²) >= 11 is 12.2. The fourth-order valence-electron chi connectivity index (χ4n) is 3.48. The Hall–Kier alpha value is -1.50. The van der Waals surface area contributed by atoms with E-state index in [1.165, 1.54) is 0 Å². The number of nitrogens with one attached hydrogen (secondary N) is 1. The minimum absolute atomic E-state index is 0.132. The second-order valence-corrected chi connectivity index (χ2v) is 7.62. The Labute approximate surface area is 170 Å². The average molecular weight is 413 g/mol. The number of piperazine rings is 1. The molecule has 0 spiro atoms. The van der Waals surface area contributed by atoms with Gasteiger partial charge in [0.25, 0.3) is 5.91 Å². The highest BCUT2D eigenvalue weighted by molar-refractivity contribution is 6.35. The van der Waals surface area contributed by atoms with Gasteiger partial charge in [0, 0.05) is 56.4 Å². The van der Waals surface area contributed by atoms with Gasteiger partial charge in [0.1, 0.15) is 6.10 Å². The second kappa shape index (κ2) is 9.62. The number of nitrogens with zero attached hydrogens (tertiary/aromatic N) is 3. The number of aliphatic imine (C=N–C) groups is 1. The molecule has 0 saturated carbocycles. The Morgan fingerprint density at radius 1 is 1.26 bits per heavy atom. The molecular formula is C19H26Cl2N4O2. The van der Waals surface area contributed by atoms with E-state index < -0.39 is 0 Å². The lowest BCUT2D eigenvalue weighted by atomic mass is 10.1. The van der Waals surface area contributed by atoms with Crippen molar-refractivity contribution in [3.63, 3.8) is 0 Å². The van der Waals surface area contributed by atoms with Crippen LogP contribution in [0.15, 0.2) is 23.2 Å². The van der Waals surface area contributed by atoms with E-state index in [2.05, 4.69) is 15.2 Å². The van der Waals surface area contributed by atoms with E-state index in [4.69, 9.17) is 27.9 Å². The van der Waals surface area contributed by atoms with Gasteiger partial charge in [-0.3, -0.25) is 9.79 Å². The molecule has 1 N–H and O–H groups in total. The number of benzene rings is 1. The highest BCUT2D eigenvalue weighted by Gasteiger charge is 2.30. The molecule has 1 atom stereocenters. The Morgan fingerprint density at radius 3 is 2.63 bits per heavy atom. The summed E-state index contributed by atoms with van der Waals surface area (Å²) < 4.78 is 5.52. The third-order valence-corrected chi connectivity index (χ3v) is 5.59. The molecule has 0 bridgehead atoms. The van der Waals surface area contributed by atoms with Crippen LogP contribution in [0.25, 0.3) is 0 Å². The van der Waals surface area contributed by atoms with Crippen molar-refractivity contribution in [3.05, 3.63) is 33.8 Å². The first-order valence-corrected chi connectivity index (χ1v) is 10.1. The summed E-state index contributed by atoms with van der Waals surface area (Å²) in [5, 5.41) is 4.71. The van der Waals surface area contributed by atoms with Crippen LogP contribution in [-0.4, -0.2) is 74.1 Å². The summed E-state index contributed by atoms with van der Waals surface area (Å²) in [4.78, 5) is 20.9. The molecule has 8 heteroatoms. The zero-order chi connectivity index (χ0) is 19.2. The molecule has 1 aromatic rings. The molecule has 1 aromatic carbocycles. The van der Waals surface area contributed by atoms with Crippen molar-refractivity contribution in [2.45, 2.75) is 25.4 Å². The summed E-state index contributed by atoms with van der Waals surface area (Å²) in [5.41, 5.74) is 1.05. The molecule has 1 unspecified atom stereocenters. The SMILES string of the molecule is CN=C(NCCc1ccc(Cl)cc1Cl)N1CCN(C(=O)C2CCCO2)CC1. The topological polar surface area (TPSA) is 57.2 Å². The van der Waals surface area contributed by atoms with Gasteiger partial charge in [0.2, 0.25) is 0 Å². The molecule has 2 aliphatic heterocycles. The van der Waals surface area contributed by atoms with Gasteiger partial charge in [-0.25, -0.2) is 0 Å². The maximum absolute atomic E-state index is 12.4. The van der Waals surface area contributed by atoms with Crippen LogP contribution in [0, 0.1) is 0 Å². The molecular weight excluding hydrogens is 387 g/mol. The predicted molar refractivity (Wildman–Crippen MR) is 109 cm³/mol. The van der Waals surface area contributed by atoms with E-state index in [0.717, 1.165) is 50.4 Å². The zero-order valence-electron chi connectivity index (χ0n) is 15.6. The third-order valence-electron chi connectivity index (χ3n) is 5.00. The number of halogens is 2. The van der Waals surface area contributed by atoms with Crippen LogP contribution in [0.3, 0.4) is 0 Å². The van der Waals surface area contributed by atoms with E-state index in [1.54, 1.807) is 13.1 Å². The number of amides is 1.